The molecular weight excluding hydrogens is 184 g/mol. The van der Waals surface area contributed by atoms with Gasteiger partial charge in [0.25, 0.3) is 0 Å². The van der Waals surface area contributed by atoms with Gasteiger partial charge in [-0.25, -0.2) is 5.11 Å². The molecule has 1 nitrogen and oxygen atoms in total. The van der Waals surface area contributed by atoms with E-state index in [2.05, 4.69) is 0 Å². The molecule has 0 aliphatic carbocycles. The monoisotopic (exact) mass is 191 g/mol. The van der Waals surface area contributed by atoms with Gasteiger partial charge in [-0.1, -0.05) is 35.9 Å². The van der Waals surface area contributed by atoms with Crippen LogP contribution in [0.25, 0.3) is 10.8 Å². The molecule has 0 unspecified atom stereocenters. The van der Waals surface area contributed by atoms with Gasteiger partial charge in [0.1, 0.15) is 6.61 Å². The Bertz CT molecular complexity index is 437. The fourth-order valence-corrected chi connectivity index (χ4v) is 1.60. The van der Waals surface area contributed by atoms with Gasteiger partial charge in [0.05, 0.1) is 0 Å². The van der Waals surface area contributed by atoms with Crippen LogP contribution in [-0.2, 0) is 11.7 Å². The van der Waals surface area contributed by atoms with E-state index >= 15 is 0 Å². The molecule has 0 N–H and O–H groups in total. The maximum absolute atomic E-state index is 10.7. The largest absolute Gasteiger partial charge is 0.232 e. The fourth-order valence-electron chi connectivity index (χ4n) is 1.37. The lowest BCUT2D eigenvalue weighted by Crippen LogP contribution is -1.83. The zero-order valence-electron chi connectivity index (χ0n) is 6.96. The Morgan fingerprint density at radius 1 is 1.08 bits per heavy atom. The molecule has 0 spiro atoms. The lowest BCUT2D eigenvalue weighted by Gasteiger charge is -2.02. The molecule has 2 aromatic carbocycles. The van der Waals surface area contributed by atoms with E-state index in [9.17, 15) is 5.11 Å². The van der Waals surface area contributed by atoms with Gasteiger partial charge in [-0.15, -0.1) is 0 Å². The van der Waals surface area contributed by atoms with Crippen LogP contribution in [0.15, 0.2) is 36.4 Å². The van der Waals surface area contributed by atoms with Crippen LogP contribution in [0.5, 0.6) is 0 Å². The molecule has 2 aromatic rings. The first-order valence-corrected chi connectivity index (χ1v) is 4.44. The van der Waals surface area contributed by atoms with Crippen LogP contribution in [0.4, 0.5) is 0 Å². The van der Waals surface area contributed by atoms with E-state index in [1.165, 1.54) is 0 Å². The average molecular weight is 192 g/mol. The zero-order chi connectivity index (χ0) is 9.26. The highest BCUT2D eigenvalue weighted by molar-refractivity contribution is 6.32. The molecule has 0 aliphatic rings. The summed E-state index contributed by atoms with van der Waals surface area (Å²) >= 11 is 5.90. The Morgan fingerprint density at radius 3 is 2.31 bits per heavy atom. The normalized spacial score (nSPS) is 10.6. The Labute approximate surface area is 81.6 Å². The molecule has 0 atom stereocenters. The molecule has 2 heteroatoms. The van der Waals surface area contributed by atoms with E-state index in [0.717, 1.165) is 10.8 Å². The van der Waals surface area contributed by atoms with Crippen LogP contribution in [0.2, 0.25) is 5.02 Å². The van der Waals surface area contributed by atoms with Crippen molar-refractivity contribution in [2.75, 3.05) is 0 Å². The summed E-state index contributed by atoms with van der Waals surface area (Å²) in [5, 5.41) is 13.4. The standard InChI is InChI=1S/C11H8ClO/c12-11-6-9-4-2-1-3-8(9)5-10(11)7-13/h1-6H,7H2. The molecule has 0 fully saturated rings. The van der Waals surface area contributed by atoms with Crippen molar-refractivity contribution in [2.45, 2.75) is 6.61 Å². The molecular formula is C11H8ClO. The van der Waals surface area contributed by atoms with E-state index < -0.39 is 0 Å². The molecule has 0 saturated heterocycles. The van der Waals surface area contributed by atoms with Crippen LogP contribution < -0.4 is 0 Å². The van der Waals surface area contributed by atoms with Crippen LogP contribution in [0, 0.1) is 0 Å². The Kier molecular flexibility index (Phi) is 2.21. The molecule has 2 rings (SSSR count). The summed E-state index contributed by atoms with van der Waals surface area (Å²) in [5.41, 5.74) is 0.667. The molecule has 0 amide bonds. The smallest absolute Gasteiger partial charge is 0.109 e. The third-order valence-electron chi connectivity index (χ3n) is 2.07. The topological polar surface area (TPSA) is 19.9 Å². The number of halogens is 1. The van der Waals surface area contributed by atoms with Crippen molar-refractivity contribution in [1.82, 2.24) is 0 Å². The predicted molar refractivity (Wildman–Crippen MR) is 53.3 cm³/mol. The minimum atomic E-state index is -0.260. The maximum atomic E-state index is 10.7. The fraction of sp³-hybridized carbons (Fsp3) is 0.0909. The summed E-state index contributed by atoms with van der Waals surface area (Å²) in [6, 6.07) is 11.6. The highest BCUT2D eigenvalue weighted by Crippen LogP contribution is 2.23. The predicted octanol–water partition coefficient (Wildman–Crippen LogP) is 3.42. The number of benzene rings is 2. The second-order valence-electron chi connectivity index (χ2n) is 2.94. The quantitative estimate of drug-likeness (QED) is 0.658. The van der Waals surface area contributed by atoms with Crippen LogP contribution in [-0.4, -0.2) is 0 Å². The van der Waals surface area contributed by atoms with Gasteiger partial charge in [-0.05, 0) is 22.9 Å². The third-order valence-corrected chi connectivity index (χ3v) is 2.42. The number of fused-ring (bicyclic) bond motifs is 1. The van der Waals surface area contributed by atoms with Gasteiger partial charge >= 0.3 is 0 Å². The van der Waals surface area contributed by atoms with Crippen LogP contribution >= 0.6 is 11.6 Å². The summed E-state index contributed by atoms with van der Waals surface area (Å²) in [7, 11) is 0. The molecule has 0 bridgehead atoms. The van der Waals surface area contributed by atoms with Crippen molar-refractivity contribution in [3.8, 4) is 0 Å². The Hall–Kier alpha value is -1.05. The first kappa shape index (κ1) is 8.54. The Balaban J connectivity index is 2.74. The maximum Gasteiger partial charge on any atom is 0.109 e. The SMILES string of the molecule is [O]Cc1cc2ccccc2cc1Cl. The number of rotatable bonds is 1. The van der Waals surface area contributed by atoms with E-state index in [0.29, 0.717) is 10.6 Å². The minimum absolute atomic E-state index is 0.260. The molecule has 65 valence electrons. The number of hydrogen-bond acceptors (Lipinski definition) is 0. The van der Waals surface area contributed by atoms with Crippen LogP contribution in [0.3, 0.4) is 0 Å². The highest BCUT2D eigenvalue weighted by atomic mass is 35.5. The van der Waals surface area contributed by atoms with E-state index in [-0.39, 0.29) is 6.61 Å². The minimum Gasteiger partial charge on any atom is -0.232 e. The van der Waals surface area contributed by atoms with E-state index in [1.807, 2.05) is 36.4 Å². The second kappa shape index (κ2) is 3.36. The van der Waals surface area contributed by atoms with Gasteiger partial charge in [-0.3, -0.25) is 0 Å². The molecule has 13 heavy (non-hydrogen) atoms. The van der Waals surface area contributed by atoms with Crippen LogP contribution in [0.1, 0.15) is 5.56 Å². The van der Waals surface area contributed by atoms with E-state index in [4.69, 9.17) is 11.6 Å². The first-order chi connectivity index (χ1) is 6.31. The summed E-state index contributed by atoms with van der Waals surface area (Å²) in [6.45, 7) is -0.260. The lowest BCUT2D eigenvalue weighted by atomic mass is 10.1. The van der Waals surface area contributed by atoms with Crippen molar-refractivity contribution in [2.24, 2.45) is 0 Å². The summed E-state index contributed by atoms with van der Waals surface area (Å²) in [6.07, 6.45) is 0. The molecule has 0 aromatic heterocycles. The summed E-state index contributed by atoms with van der Waals surface area (Å²) in [4.78, 5) is 0. The summed E-state index contributed by atoms with van der Waals surface area (Å²) < 4.78 is 0. The van der Waals surface area contributed by atoms with Gasteiger partial charge in [0, 0.05) is 10.6 Å². The first-order valence-electron chi connectivity index (χ1n) is 4.06. The third kappa shape index (κ3) is 1.53. The molecule has 1 radical (unpaired) electrons. The molecule has 0 heterocycles. The highest BCUT2D eigenvalue weighted by Gasteiger charge is 2.01. The Morgan fingerprint density at radius 2 is 1.69 bits per heavy atom. The van der Waals surface area contributed by atoms with Crippen molar-refractivity contribution in [3.05, 3.63) is 47.0 Å². The van der Waals surface area contributed by atoms with Crippen molar-refractivity contribution < 1.29 is 5.11 Å². The second-order valence-corrected chi connectivity index (χ2v) is 3.34. The molecule has 0 aliphatic heterocycles. The average Bonchev–Trinajstić information content (AvgIpc) is 2.17. The summed E-state index contributed by atoms with van der Waals surface area (Å²) in [5.74, 6) is 0. The lowest BCUT2D eigenvalue weighted by molar-refractivity contribution is 0.178. The van der Waals surface area contributed by atoms with Crippen molar-refractivity contribution in [1.29, 1.82) is 0 Å². The number of hydrogen-bond donors (Lipinski definition) is 0. The van der Waals surface area contributed by atoms with Crippen molar-refractivity contribution in [3.63, 3.8) is 0 Å². The van der Waals surface area contributed by atoms with Gasteiger partial charge in [-0.2, -0.15) is 0 Å². The van der Waals surface area contributed by atoms with Gasteiger partial charge in [0.15, 0.2) is 0 Å². The van der Waals surface area contributed by atoms with Gasteiger partial charge < -0.3 is 0 Å². The van der Waals surface area contributed by atoms with Crippen molar-refractivity contribution >= 4 is 22.4 Å². The van der Waals surface area contributed by atoms with Gasteiger partial charge in [0.2, 0.25) is 0 Å². The van der Waals surface area contributed by atoms with E-state index in [1.54, 1.807) is 0 Å². The molecule has 0 saturated carbocycles. The zero-order valence-corrected chi connectivity index (χ0v) is 7.71.